The van der Waals surface area contributed by atoms with Crippen molar-refractivity contribution < 1.29 is 14.8 Å². The van der Waals surface area contributed by atoms with Gasteiger partial charge in [-0.05, 0) is 19.8 Å². The number of hydrogen-bond donors (Lipinski definition) is 0. The molecule has 1 atom stereocenters. The predicted molar refractivity (Wildman–Crippen MR) is 70.5 cm³/mol. The topological polar surface area (TPSA) is 27.7 Å². The third-order valence-electron chi connectivity index (χ3n) is 2.93. The van der Waals surface area contributed by atoms with Gasteiger partial charge in [-0.1, -0.05) is 63.8 Å². The molecule has 0 saturated carbocycles. The van der Waals surface area contributed by atoms with Crippen LogP contribution in [0.2, 0.25) is 0 Å². The molecular weight excluding hydrogens is 216 g/mol. The minimum atomic E-state index is 0.178. The van der Waals surface area contributed by atoms with Crippen molar-refractivity contribution in [1.82, 2.24) is 0 Å². The molecule has 0 aliphatic rings. The van der Waals surface area contributed by atoms with Gasteiger partial charge in [-0.15, -0.1) is 0 Å². The quantitative estimate of drug-likeness (QED) is 0.265. The van der Waals surface area contributed by atoms with E-state index in [0.29, 0.717) is 6.61 Å². The second-order valence-electron chi connectivity index (χ2n) is 4.51. The van der Waals surface area contributed by atoms with Crippen molar-refractivity contribution in [2.45, 2.75) is 84.7 Å². The fourth-order valence-corrected chi connectivity index (χ4v) is 1.78. The van der Waals surface area contributed by atoms with E-state index in [0.717, 1.165) is 12.8 Å². The summed E-state index contributed by atoms with van der Waals surface area (Å²) in [6.07, 6.45) is 11.6. The summed E-state index contributed by atoms with van der Waals surface area (Å²) in [7, 11) is 0. The molecule has 0 aromatic rings. The molecule has 0 aromatic heterocycles. The van der Waals surface area contributed by atoms with Gasteiger partial charge < -0.3 is 0 Å². The van der Waals surface area contributed by atoms with Gasteiger partial charge in [0.25, 0.3) is 0 Å². The highest BCUT2D eigenvalue weighted by Crippen LogP contribution is 2.13. The van der Waals surface area contributed by atoms with Gasteiger partial charge in [-0.25, -0.2) is 9.78 Å². The van der Waals surface area contributed by atoms with E-state index in [9.17, 15) is 0 Å². The van der Waals surface area contributed by atoms with Crippen molar-refractivity contribution in [2.24, 2.45) is 0 Å². The van der Waals surface area contributed by atoms with Gasteiger partial charge >= 0.3 is 0 Å². The van der Waals surface area contributed by atoms with Crippen molar-refractivity contribution in [3.63, 3.8) is 0 Å². The third-order valence-corrected chi connectivity index (χ3v) is 2.93. The molecule has 0 N–H and O–H groups in total. The summed E-state index contributed by atoms with van der Waals surface area (Å²) >= 11 is 0. The lowest BCUT2D eigenvalue weighted by Gasteiger charge is -2.13. The fourth-order valence-electron chi connectivity index (χ4n) is 1.78. The lowest BCUT2D eigenvalue weighted by Crippen LogP contribution is -2.12. The molecule has 0 spiro atoms. The van der Waals surface area contributed by atoms with E-state index in [-0.39, 0.29) is 6.10 Å². The summed E-state index contributed by atoms with van der Waals surface area (Å²) in [4.78, 5) is 9.87. The van der Waals surface area contributed by atoms with E-state index >= 15 is 0 Å². The van der Waals surface area contributed by atoms with E-state index in [1.165, 1.54) is 44.9 Å². The lowest BCUT2D eigenvalue weighted by molar-refractivity contribution is -0.525. The number of hydrogen-bond acceptors (Lipinski definition) is 3. The summed E-state index contributed by atoms with van der Waals surface area (Å²) < 4.78 is 0. The molecule has 0 saturated heterocycles. The van der Waals surface area contributed by atoms with Gasteiger partial charge in [0.1, 0.15) is 0 Å². The Hall–Kier alpha value is -0.120. The number of rotatable bonds is 13. The van der Waals surface area contributed by atoms with Crippen LogP contribution in [0.1, 0.15) is 78.6 Å². The van der Waals surface area contributed by atoms with Crippen LogP contribution in [0.15, 0.2) is 0 Å². The molecule has 0 radical (unpaired) electrons. The lowest BCUT2D eigenvalue weighted by atomic mass is 10.1. The van der Waals surface area contributed by atoms with Crippen LogP contribution in [-0.2, 0) is 14.8 Å². The van der Waals surface area contributed by atoms with Crippen LogP contribution in [0.3, 0.4) is 0 Å². The molecule has 0 heterocycles. The van der Waals surface area contributed by atoms with Crippen LogP contribution < -0.4 is 0 Å². The fraction of sp³-hybridized carbons (Fsp3) is 1.00. The summed E-state index contributed by atoms with van der Waals surface area (Å²) in [6.45, 7) is 6.76. The van der Waals surface area contributed by atoms with Gasteiger partial charge in [0.2, 0.25) is 0 Å². The molecule has 0 aromatic carbocycles. The molecule has 3 heteroatoms. The second-order valence-corrected chi connectivity index (χ2v) is 4.51. The summed E-state index contributed by atoms with van der Waals surface area (Å²) in [5.74, 6) is 0. The Morgan fingerprint density at radius 2 is 1.47 bits per heavy atom. The van der Waals surface area contributed by atoms with Gasteiger partial charge in [-0.2, -0.15) is 0 Å². The second kappa shape index (κ2) is 13.9. The highest BCUT2D eigenvalue weighted by molar-refractivity contribution is 4.54. The van der Waals surface area contributed by atoms with Gasteiger partial charge in [-0.3, -0.25) is 0 Å². The molecule has 104 valence electrons. The van der Waals surface area contributed by atoms with Crippen LogP contribution in [0.4, 0.5) is 0 Å². The average Bonchev–Trinajstić information content (AvgIpc) is 2.35. The van der Waals surface area contributed by atoms with E-state index in [4.69, 9.17) is 9.78 Å². The minimum Gasteiger partial charge on any atom is -0.206 e. The molecule has 0 amide bonds. The van der Waals surface area contributed by atoms with E-state index in [1.54, 1.807) is 0 Å². The zero-order valence-corrected chi connectivity index (χ0v) is 11.9. The zero-order valence-electron chi connectivity index (χ0n) is 11.9. The van der Waals surface area contributed by atoms with E-state index < -0.39 is 0 Å². The van der Waals surface area contributed by atoms with Crippen LogP contribution in [-0.4, -0.2) is 12.7 Å². The molecule has 3 nitrogen and oxygen atoms in total. The Morgan fingerprint density at radius 3 is 2.06 bits per heavy atom. The molecule has 0 bridgehead atoms. The Bertz CT molecular complexity index is 139. The highest BCUT2D eigenvalue weighted by atomic mass is 17.5. The first-order valence-corrected chi connectivity index (χ1v) is 7.30. The molecular formula is C14H30O3. The van der Waals surface area contributed by atoms with Crippen molar-refractivity contribution >= 4 is 0 Å². The maximum absolute atomic E-state index is 5.15. The first-order chi connectivity index (χ1) is 8.35. The Kier molecular flexibility index (Phi) is 13.8. The Balaban J connectivity index is 3.25. The summed E-state index contributed by atoms with van der Waals surface area (Å²) in [6, 6.07) is 0. The van der Waals surface area contributed by atoms with Crippen LogP contribution in [0, 0.1) is 0 Å². The Labute approximate surface area is 107 Å². The SMILES string of the molecule is CCCCCCCCCC(CC)OOOCC. The smallest absolute Gasteiger partial charge is 0.0958 e. The first-order valence-electron chi connectivity index (χ1n) is 7.30. The molecule has 0 aliphatic carbocycles. The molecule has 0 rings (SSSR count). The number of unbranched alkanes of at least 4 members (excludes halogenated alkanes) is 6. The molecule has 0 fully saturated rings. The van der Waals surface area contributed by atoms with Gasteiger partial charge in [0.15, 0.2) is 0 Å². The van der Waals surface area contributed by atoms with E-state index in [2.05, 4.69) is 18.9 Å². The van der Waals surface area contributed by atoms with Crippen LogP contribution in [0.5, 0.6) is 0 Å². The molecule has 0 aliphatic heterocycles. The normalized spacial score (nSPS) is 12.9. The molecule has 17 heavy (non-hydrogen) atoms. The molecule has 1 unspecified atom stereocenters. The van der Waals surface area contributed by atoms with Crippen molar-refractivity contribution in [3.8, 4) is 0 Å². The average molecular weight is 246 g/mol. The van der Waals surface area contributed by atoms with Gasteiger partial charge in [0.05, 0.1) is 12.7 Å². The largest absolute Gasteiger partial charge is 0.206 e. The first kappa shape index (κ1) is 16.9. The summed E-state index contributed by atoms with van der Waals surface area (Å²) in [5, 5.41) is 4.65. The predicted octanol–water partition coefficient (Wildman–Crippen LogP) is 4.81. The van der Waals surface area contributed by atoms with E-state index in [1.807, 2.05) is 6.92 Å². The summed E-state index contributed by atoms with van der Waals surface area (Å²) in [5.41, 5.74) is 0. The monoisotopic (exact) mass is 246 g/mol. The highest BCUT2D eigenvalue weighted by Gasteiger charge is 2.07. The van der Waals surface area contributed by atoms with Crippen LogP contribution in [0.25, 0.3) is 0 Å². The Morgan fingerprint density at radius 1 is 0.824 bits per heavy atom. The van der Waals surface area contributed by atoms with Crippen LogP contribution >= 0.6 is 0 Å². The third kappa shape index (κ3) is 12.1. The van der Waals surface area contributed by atoms with Gasteiger partial charge in [0, 0.05) is 0 Å². The maximum atomic E-state index is 5.15. The maximum Gasteiger partial charge on any atom is 0.0958 e. The standard InChI is InChI=1S/C14H30O3/c1-4-7-8-9-10-11-12-13-14(5-2)16-17-15-6-3/h14H,4-13H2,1-3H3. The minimum absolute atomic E-state index is 0.178. The van der Waals surface area contributed by atoms with Crippen molar-refractivity contribution in [3.05, 3.63) is 0 Å². The van der Waals surface area contributed by atoms with Crippen molar-refractivity contribution in [2.75, 3.05) is 6.61 Å². The zero-order chi connectivity index (χ0) is 12.8. The van der Waals surface area contributed by atoms with Crippen molar-refractivity contribution in [1.29, 1.82) is 0 Å².